The lowest BCUT2D eigenvalue weighted by Gasteiger charge is -2.19. The van der Waals surface area contributed by atoms with Gasteiger partial charge in [0.1, 0.15) is 0 Å². The molecule has 1 heterocycles. The number of carbonyl (C=O) groups excluding carboxylic acids is 1. The molecule has 2 aromatic carbocycles. The molecule has 3 aromatic rings. The number of rotatable bonds is 7. The largest absolute Gasteiger partial charge is 0.341 e. The van der Waals surface area contributed by atoms with E-state index >= 15 is 0 Å². The van der Waals surface area contributed by atoms with Gasteiger partial charge in [0.05, 0.1) is 12.2 Å². The summed E-state index contributed by atoms with van der Waals surface area (Å²) in [6, 6.07) is 17.9. The van der Waals surface area contributed by atoms with Gasteiger partial charge in [-0.05, 0) is 30.4 Å². The standard InChI is InChI=1S/C25H26ClN3O/c1-28(24(30)15-19-9-5-6-10-19)16-22-18-29(17-21-13-7-8-14-23(21)26)27-25(22)20-11-3-2-4-12-20/h2-5,7-9,11-14,18-19H,6,10,15-17H2,1H3/t19-/m0/s1. The molecule has 30 heavy (non-hydrogen) atoms. The number of benzene rings is 2. The first-order valence-electron chi connectivity index (χ1n) is 10.4. The fourth-order valence-electron chi connectivity index (χ4n) is 3.89. The monoisotopic (exact) mass is 419 g/mol. The summed E-state index contributed by atoms with van der Waals surface area (Å²) in [5, 5.41) is 5.57. The normalized spacial score (nSPS) is 15.5. The number of halogens is 1. The van der Waals surface area contributed by atoms with Gasteiger partial charge < -0.3 is 4.90 Å². The Balaban J connectivity index is 1.57. The number of hydrogen-bond donors (Lipinski definition) is 0. The molecule has 0 aliphatic heterocycles. The summed E-state index contributed by atoms with van der Waals surface area (Å²) in [6.45, 7) is 1.12. The predicted molar refractivity (Wildman–Crippen MR) is 121 cm³/mol. The first-order valence-corrected chi connectivity index (χ1v) is 10.7. The molecule has 1 aliphatic carbocycles. The maximum absolute atomic E-state index is 12.7. The maximum atomic E-state index is 12.7. The summed E-state index contributed by atoms with van der Waals surface area (Å²) < 4.78 is 1.91. The second-order valence-corrected chi connectivity index (χ2v) is 8.28. The Bertz CT molecular complexity index is 1040. The Morgan fingerprint density at radius 1 is 1.13 bits per heavy atom. The highest BCUT2D eigenvalue weighted by molar-refractivity contribution is 6.31. The zero-order valence-electron chi connectivity index (χ0n) is 17.2. The van der Waals surface area contributed by atoms with Gasteiger partial charge in [-0.1, -0.05) is 72.3 Å². The maximum Gasteiger partial charge on any atom is 0.223 e. The van der Waals surface area contributed by atoms with E-state index in [4.69, 9.17) is 16.7 Å². The van der Waals surface area contributed by atoms with Gasteiger partial charge in [0, 0.05) is 42.4 Å². The minimum Gasteiger partial charge on any atom is -0.341 e. The van der Waals surface area contributed by atoms with Gasteiger partial charge in [0.15, 0.2) is 0 Å². The van der Waals surface area contributed by atoms with E-state index in [0.717, 1.165) is 40.2 Å². The van der Waals surface area contributed by atoms with E-state index in [1.54, 1.807) is 0 Å². The molecule has 1 amide bonds. The molecular weight excluding hydrogens is 394 g/mol. The Morgan fingerprint density at radius 3 is 2.63 bits per heavy atom. The van der Waals surface area contributed by atoms with Crippen molar-refractivity contribution in [3.8, 4) is 11.3 Å². The van der Waals surface area contributed by atoms with Gasteiger partial charge in [-0.15, -0.1) is 0 Å². The third-order valence-corrected chi connectivity index (χ3v) is 5.93. The molecule has 1 atom stereocenters. The molecule has 1 aliphatic rings. The molecule has 0 spiro atoms. The molecule has 0 saturated heterocycles. The van der Waals surface area contributed by atoms with E-state index in [1.165, 1.54) is 0 Å². The number of allylic oxidation sites excluding steroid dienone is 2. The van der Waals surface area contributed by atoms with Gasteiger partial charge in [-0.2, -0.15) is 5.10 Å². The average molecular weight is 420 g/mol. The molecule has 5 heteroatoms. The SMILES string of the molecule is CN(Cc1cn(Cc2ccccc2Cl)nc1-c1ccccc1)C(=O)C[C@H]1C=CCC1. The number of amides is 1. The zero-order chi connectivity index (χ0) is 20.9. The van der Waals surface area contributed by atoms with Crippen LogP contribution in [0.25, 0.3) is 11.3 Å². The van der Waals surface area contributed by atoms with Crippen LogP contribution in [0.3, 0.4) is 0 Å². The molecule has 0 N–H and O–H groups in total. The molecule has 0 bridgehead atoms. The van der Waals surface area contributed by atoms with E-state index < -0.39 is 0 Å². The van der Waals surface area contributed by atoms with E-state index in [9.17, 15) is 4.79 Å². The molecule has 0 saturated carbocycles. The Labute approximate surface area is 182 Å². The van der Waals surface area contributed by atoms with Crippen LogP contribution in [0, 0.1) is 5.92 Å². The Morgan fingerprint density at radius 2 is 1.90 bits per heavy atom. The van der Waals surface area contributed by atoms with E-state index in [1.807, 2.05) is 65.3 Å². The molecule has 154 valence electrons. The molecule has 0 unspecified atom stereocenters. The van der Waals surface area contributed by atoms with Crippen LogP contribution < -0.4 is 0 Å². The van der Waals surface area contributed by atoms with Crippen LogP contribution in [-0.2, 0) is 17.9 Å². The van der Waals surface area contributed by atoms with Crippen LogP contribution in [0.1, 0.15) is 30.4 Å². The summed E-state index contributed by atoms with van der Waals surface area (Å²) in [5.41, 5.74) is 4.00. The summed E-state index contributed by atoms with van der Waals surface area (Å²) in [6.07, 6.45) is 9.10. The fraction of sp³-hybridized carbons (Fsp3) is 0.280. The molecule has 1 aromatic heterocycles. The number of aromatic nitrogens is 2. The fourth-order valence-corrected chi connectivity index (χ4v) is 4.08. The molecule has 4 nitrogen and oxygen atoms in total. The lowest BCUT2D eigenvalue weighted by atomic mass is 10.0. The van der Waals surface area contributed by atoms with E-state index in [0.29, 0.717) is 25.4 Å². The average Bonchev–Trinajstić information content (AvgIpc) is 3.40. The first kappa shape index (κ1) is 20.4. The third-order valence-electron chi connectivity index (χ3n) is 5.56. The highest BCUT2D eigenvalue weighted by Gasteiger charge is 2.20. The molecule has 4 rings (SSSR count). The van der Waals surface area contributed by atoms with E-state index in [-0.39, 0.29) is 5.91 Å². The summed E-state index contributed by atoms with van der Waals surface area (Å²) in [5.74, 6) is 0.543. The van der Waals surface area contributed by atoms with Crippen molar-refractivity contribution >= 4 is 17.5 Å². The minimum atomic E-state index is 0.171. The third kappa shape index (κ3) is 4.82. The smallest absolute Gasteiger partial charge is 0.223 e. The van der Waals surface area contributed by atoms with Crippen LogP contribution >= 0.6 is 11.6 Å². The Hall–Kier alpha value is -2.85. The van der Waals surface area contributed by atoms with Crippen molar-refractivity contribution in [1.82, 2.24) is 14.7 Å². The van der Waals surface area contributed by atoms with Crippen molar-refractivity contribution < 1.29 is 4.79 Å². The first-order chi connectivity index (χ1) is 14.6. The number of nitrogens with zero attached hydrogens (tertiary/aromatic N) is 3. The van der Waals surface area contributed by atoms with Crippen molar-refractivity contribution in [2.75, 3.05) is 7.05 Å². The second-order valence-electron chi connectivity index (χ2n) is 7.88. The van der Waals surface area contributed by atoms with Gasteiger partial charge in [-0.3, -0.25) is 9.48 Å². The van der Waals surface area contributed by atoms with Gasteiger partial charge in [0.25, 0.3) is 0 Å². The predicted octanol–water partition coefficient (Wildman–Crippen LogP) is 5.57. The van der Waals surface area contributed by atoms with Crippen LogP contribution in [0.15, 0.2) is 72.9 Å². The van der Waals surface area contributed by atoms with E-state index in [2.05, 4.69) is 24.3 Å². The van der Waals surface area contributed by atoms with Crippen LogP contribution in [0.5, 0.6) is 0 Å². The number of hydrogen-bond acceptors (Lipinski definition) is 2. The topological polar surface area (TPSA) is 38.1 Å². The lowest BCUT2D eigenvalue weighted by molar-refractivity contribution is -0.131. The Kier molecular flexibility index (Phi) is 6.34. The summed E-state index contributed by atoms with van der Waals surface area (Å²) >= 11 is 6.35. The highest BCUT2D eigenvalue weighted by atomic mass is 35.5. The molecular formula is C25H26ClN3O. The molecule has 0 radical (unpaired) electrons. The number of carbonyl (C=O) groups is 1. The van der Waals surface area contributed by atoms with Gasteiger partial charge >= 0.3 is 0 Å². The minimum absolute atomic E-state index is 0.171. The van der Waals surface area contributed by atoms with Crippen molar-refractivity contribution in [3.05, 3.63) is 89.1 Å². The highest BCUT2D eigenvalue weighted by Crippen LogP contribution is 2.26. The quantitative estimate of drug-likeness (QED) is 0.470. The summed E-state index contributed by atoms with van der Waals surface area (Å²) in [4.78, 5) is 14.6. The summed E-state index contributed by atoms with van der Waals surface area (Å²) in [7, 11) is 1.88. The van der Waals surface area contributed by atoms with Gasteiger partial charge in [-0.25, -0.2) is 0 Å². The van der Waals surface area contributed by atoms with Crippen LogP contribution in [0.2, 0.25) is 5.02 Å². The van der Waals surface area contributed by atoms with Crippen LogP contribution in [-0.4, -0.2) is 27.6 Å². The molecule has 0 fully saturated rings. The second kappa shape index (κ2) is 9.31. The van der Waals surface area contributed by atoms with Gasteiger partial charge in [0.2, 0.25) is 5.91 Å². The van der Waals surface area contributed by atoms with Crippen molar-refractivity contribution in [3.63, 3.8) is 0 Å². The van der Waals surface area contributed by atoms with Crippen molar-refractivity contribution in [2.45, 2.75) is 32.4 Å². The van der Waals surface area contributed by atoms with Crippen LogP contribution in [0.4, 0.5) is 0 Å². The zero-order valence-corrected chi connectivity index (χ0v) is 17.9. The van der Waals surface area contributed by atoms with Crippen molar-refractivity contribution in [1.29, 1.82) is 0 Å². The lowest BCUT2D eigenvalue weighted by Crippen LogP contribution is -2.27. The van der Waals surface area contributed by atoms with Crippen molar-refractivity contribution in [2.24, 2.45) is 5.92 Å².